The van der Waals surface area contributed by atoms with E-state index in [1.807, 2.05) is 30.3 Å². The number of nitrogens with zero attached hydrogens (tertiary/aromatic N) is 1. The van der Waals surface area contributed by atoms with Crippen molar-refractivity contribution in [2.24, 2.45) is 7.05 Å². The minimum Gasteiger partial charge on any atom is -0.392 e. The number of hydrogen-bond acceptors (Lipinski definition) is 3. The van der Waals surface area contributed by atoms with Gasteiger partial charge in [0.25, 0.3) is 11.5 Å². The van der Waals surface area contributed by atoms with Gasteiger partial charge >= 0.3 is 0 Å². The number of pyridine rings is 1. The number of aromatic amines is 1. The minimum atomic E-state index is -0.255. The minimum absolute atomic E-state index is 0.121. The number of H-pyrrole nitrogens is 1. The quantitative estimate of drug-likeness (QED) is 0.475. The summed E-state index contributed by atoms with van der Waals surface area (Å²) in [6.07, 6.45) is 4.38. The van der Waals surface area contributed by atoms with Crippen LogP contribution in [0, 0.1) is 0 Å². The lowest BCUT2D eigenvalue weighted by Crippen LogP contribution is -2.17. The Morgan fingerprint density at radius 1 is 1.10 bits per heavy atom. The molecule has 2 heterocycles. The number of aliphatic hydroxyl groups excluding tert-OH is 1. The van der Waals surface area contributed by atoms with E-state index in [1.54, 1.807) is 37.6 Å². The molecule has 1 amide bonds. The third-order valence-electron chi connectivity index (χ3n) is 5.39. The topological polar surface area (TPSA) is 87.1 Å². The predicted octanol–water partition coefficient (Wildman–Crippen LogP) is 3.84. The molecule has 0 bridgehead atoms. The molecule has 6 heteroatoms. The number of aliphatic hydroxyl groups is 1. The van der Waals surface area contributed by atoms with Gasteiger partial charge in [-0.2, -0.15) is 0 Å². The lowest BCUT2D eigenvalue weighted by molar-refractivity contribution is 0.102. The zero-order chi connectivity index (χ0) is 21.3. The number of aryl methyl sites for hydroxylation is 2. The van der Waals surface area contributed by atoms with Gasteiger partial charge in [0.05, 0.1) is 6.61 Å². The molecule has 30 heavy (non-hydrogen) atoms. The van der Waals surface area contributed by atoms with E-state index < -0.39 is 0 Å². The van der Waals surface area contributed by atoms with Crippen LogP contribution < -0.4 is 10.9 Å². The van der Waals surface area contributed by atoms with Crippen molar-refractivity contribution in [1.29, 1.82) is 0 Å². The number of rotatable bonds is 5. The monoisotopic (exact) mass is 401 g/mol. The molecule has 3 N–H and O–H groups in total. The highest BCUT2D eigenvalue weighted by Gasteiger charge is 2.16. The number of nitrogens with one attached hydrogen (secondary N) is 2. The van der Waals surface area contributed by atoms with E-state index in [0.717, 1.165) is 28.5 Å². The number of anilines is 1. The van der Waals surface area contributed by atoms with Crippen molar-refractivity contribution in [3.8, 4) is 11.1 Å². The first-order valence-corrected chi connectivity index (χ1v) is 9.83. The lowest BCUT2D eigenvalue weighted by atomic mass is 9.97. The van der Waals surface area contributed by atoms with Crippen LogP contribution in [0.2, 0.25) is 0 Å². The lowest BCUT2D eigenvalue weighted by Gasteiger charge is -2.16. The molecule has 0 fully saturated rings. The second-order valence-corrected chi connectivity index (χ2v) is 7.22. The van der Waals surface area contributed by atoms with Crippen molar-refractivity contribution in [3.63, 3.8) is 0 Å². The number of carbonyl (C=O) groups excluding carboxylic acids is 1. The molecule has 6 nitrogen and oxygen atoms in total. The first-order valence-electron chi connectivity index (χ1n) is 9.83. The Balaban J connectivity index is 1.77. The highest BCUT2D eigenvalue weighted by atomic mass is 16.3. The Hall–Kier alpha value is -3.64. The maximum Gasteiger partial charge on any atom is 0.274 e. The fraction of sp³-hybridized carbons (Fsp3) is 0.167. The summed E-state index contributed by atoms with van der Waals surface area (Å²) in [4.78, 5) is 28.1. The molecular formula is C24H23N3O3. The summed E-state index contributed by atoms with van der Waals surface area (Å²) in [6.45, 7) is 1.81. The van der Waals surface area contributed by atoms with E-state index in [0.29, 0.717) is 22.3 Å². The van der Waals surface area contributed by atoms with E-state index in [-0.39, 0.29) is 18.1 Å². The number of aromatic nitrogens is 2. The molecule has 2 aromatic carbocycles. The maximum absolute atomic E-state index is 12.8. The Labute approximate surface area is 173 Å². The Kier molecular flexibility index (Phi) is 5.25. The van der Waals surface area contributed by atoms with Crippen molar-refractivity contribution >= 4 is 22.5 Å². The third kappa shape index (κ3) is 3.42. The van der Waals surface area contributed by atoms with Crippen LogP contribution in [0.1, 0.15) is 28.4 Å². The predicted molar refractivity (Wildman–Crippen MR) is 119 cm³/mol. The van der Waals surface area contributed by atoms with E-state index in [1.165, 1.54) is 4.57 Å². The second-order valence-electron chi connectivity index (χ2n) is 7.22. The molecule has 0 aliphatic carbocycles. The highest BCUT2D eigenvalue weighted by molar-refractivity contribution is 6.05. The van der Waals surface area contributed by atoms with Gasteiger partial charge in [-0.3, -0.25) is 9.59 Å². The van der Waals surface area contributed by atoms with Crippen LogP contribution in [-0.4, -0.2) is 20.6 Å². The zero-order valence-corrected chi connectivity index (χ0v) is 16.9. The van der Waals surface area contributed by atoms with Gasteiger partial charge in [-0.15, -0.1) is 0 Å². The van der Waals surface area contributed by atoms with Gasteiger partial charge in [0, 0.05) is 47.2 Å². The van der Waals surface area contributed by atoms with Crippen molar-refractivity contribution in [1.82, 2.24) is 9.55 Å². The van der Waals surface area contributed by atoms with Gasteiger partial charge in [0.15, 0.2) is 0 Å². The molecular weight excluding hydrogens is 378 g/mol. The molecule has 0 aliphatic heterocycles. The molecule has 0 unspecified atom stereocenters. The van der Waals surface area contributed by atoms with Gasteiger partial charge in [0.2, 0.25) is 0 Å². The van der Waals surface area contributed by atoms with E-state index in [2.05, 4.69) is 17.2 Å². The van der Waals surface area contributed by atoms with Crippen LogP contribution in [0.3, 0.4) is 0 Å². The van der Waals surface area contributed by atoms with Crippen molar-refractivity contribution in [3.05, 3.63) is 88.0 Å². The second kappa shape index (κ2) is 8.00. The van der Waals surface area contributed by atoms with E-state index >= 15 is 0 Å². The maximum atomic E-state index is 12.8. The summed E-state index contributed by atoms with van der Waals surface area (Å²) in [5.74, 6) is -0.239. The molecule has 152 valence electrons. The third-order valence-corrected chi connectivity index (χ3v) is 5.39. The molecule has 0 spiro atoms. The number of benzene rings is 2. The standard InChI is InChI=1S/C24H23N3O3/c1-3-15-7-9-16(10-8-15)23(29)26-21-6-4-5-17(20(21)14-28)19-13-27(2)24(30)22-18(19)11-12-25-22/h4-13,25,28H,3,14H2,1-2H3,(H,26,29). The fourth-order valence-electron chi connectivity index (χ4n) is 3.70. The van der Waals surface area contributed by atoms with Crippen molar-refractivity contribution < 1.29 is 9.90 Å². The van der Waals surface area contributed by atoms with Crippen molar-refractivity contribution in [2.45, 2.75) is 20.0 Å². The molecule has 4 aromatic rings. The number of carbonyl (C=O) groups is 1. The smallest absolute Gasteiger partial charge is 0.274 e. The summed E-state index contributed by atoms with van der Waals surface area (Å²) in [7, 11) is 1.69. The molecule has 0 radical (unpaired) electrons. The van der Waals surface area contributed by atoms with Gasteiger partial charge in [-0.25, -0.2) is 0 Å². The first-order chi connectivity index (χ1) is 14.5. The number of hydrogen-bond donors (Lipinski definition) is 3. The normalized spacial score (nSPS) is 11.0. The largest absolute Gasteiger partial charge is 0.392 e. The first kappa shape index (κ1) is 19.7. The molecule has 4 rings (SSSR count). The van der Waals surface area contributed by atoms with Gasteiger partial charge in [-0.05, 0) is 41.8 Å². The Morgan fingerprint density at radius 2 is 1.87 bits per heavy atom. The van der Waals surface area contributed by atoms with E-state index in [9.17, 15) is 14.7 Å². The Morgan fingerprint density at radius 3 is 2.57 bits per heavy atom. The number of amides is 1. The van der Waals surface area contributed by atoms with Gasteiger partial charge in [0.1, 0.15) is 5.52 Å². The average Bonchev–Trinajstić information content (AvgIpc) is 3.26. The highest BCUT2D eigenvalue weighted by Crippen LogP contribution is 2.33. The summed E-state index contributed by atoms with van der Waals surface area (Å²) < 4.78 is 1.51. The summed E-state index contributed by atoms with van der Waals surface area (Å²) >= 11 is 0. The molecule has 2 aromatic heterocycles. The summed E-state index contributed by atoms with van der Waals surface area (Å²) in [6, 6.07) is 14.8. The van der Waals surface area contributed by atoms with Crippen LogP contribution in [0.4, 0.5) is 5.69 Å². The van der Waals surface area contributed by atoms with Crippen LogP contribution in [0.5, 0.6) is 0 Å². The Bertz CT molecular complexity index is 1280. The van der Waals surface area contributed by atoms with Crippen LogP contribution >= 0.6 is 0 Å². The SMILES string of the molecule is CCc1ccc(C(=O)Nc2cccc(-c3cn(C)c(=O)c4[nH]ccc34)c2CO)cc1. The number of fused-ring (bicyclic) bond motifs is 1. The summed E-state index contributed by atoms with van der Waals surface area (Å²) in [5, 5.41) is 13.8. The van der Waals surface area contributed by atoms with Crippen LogP contribution in [0.15, 0.2) is 65.7 Å². The van der Waals surface area contributed by atoms with Gasteiger partial charge in [-0.1, -0.05) is 31.2 Å². The zero-order valence-electron chi connectivity index (χ0n) is 16.9. The molecule has 0 saturated carbocycles. The average molecular weight is 401 g/mol. The van der Waals surface area contributed by atoms with Crippen LogP contribution in [-0.2, 0) is 20.1 Å². The fourth-order valence-corrected chi connectivity index (χ4v) is 3.70. The van der Waals surface area contributed by atoms with E-state index in [4.69, 9.17) is 0 Å². The molecule has 0 aliphatic rings. The molecule has 0 saturated heterocycles. The molecule has 0 atom stereocenters. The van der Waals surface area contributed by atoms with Gasteiger partial charge < -0.3 is 20.0 Å². The van der Waals surface area contributed by atoms with Crippen LogP contribution in [0.25, 0.3) is 22.0 Å². The summed E-state index contributed by atoms with van der Waals surface area (Å²) in [5.41, 5.74) is 4.80. The van der Waals surface area contributed by atoms with Crippen molar-refractivity contribution in [2.75, 3.05) is 5.32 Å².